The largest absolute Gasteiger partial charge is 0.449 e. The second-order valence-corrected chi connectivity index (χ2v) is 22.5. The van der Waals surface area contributed by atoms with Gasteiger partial charge in [0.15, 0.2) is 0 Å². The highest BCUT2D eigenvalue weighted by Crippen LogP contribution is 2.29. The number of nitrogens with one attached hydrogen (secondary N) is 3. The Morgan fingerprint density at radius 2 is 0.840 bits per heavy atom. The molecule has 6 rings (SSSR count). The Labute approximate surface area is 451 Å². The summed E-state index contributed by atoms with van der Waals surface area (Å²) in [6.45, 7) is 4.16. The molecule has 17 heteroatoms. The van der Waals surface area contributed by atoms with Crippen LogP contribution in [-0.4, -0.2) is 119 Å². The van der Waals surface area contributed by atoms with E-state index in [0.717, 1.165) is 236 Å². The van der Waals surface area contributed by atoms with Gasteiger partial charge in [0.1, 0.15) is 0 Å². The fourth-order valence-electron chi connectivity index (χ4n) is 11.7. The number of oxime groups is 2. The average Bonchev–Trinajstić information content (AvgIpc) is 4.18. The van der Waals surface area contributed by atoms with Crippen molar-refractivity contribution in [3.05, 3.63) is 0 Å². The first kappa shape index (κ1) is 59.8. The van der Waals surface area contributed by atoms with E-state index in [1.165, 1.54) is 30.6 Å². The summed E-state index contributed by atoms with van der Waals surface area (Å²) in [5.74, 6) is 0. The topological polar surface area (TPSA) is 191 Å². The third kappa shape index (κ3) is 22.2. The molecule has 6 aliphatic rings. The van der Waals surface area contributed by atoms with Crippen molar-refractivity contribution in [1.82, 2.24) is 30.7 Å². The van der Waals surface area contributed by atoms with Crippen LogP contribution < -0.4 is 16.0 Å². The number of hydrogen-bond acceptors (Lipinski definition) is 11. The van der Waals surface area contributed by atoms with Gasteiger partial charge in [0.25, 0.3) is 0 Å². The van der Waals surface area contributed by atoms with Crippen molar-refractivity contribution in [2.75, 3.05) is 32.8 Å². The lowest BCUT2D eigenvalue weighted by Crippen LogP contribution is -2.51. The number of carbonyl (C=O) groups is 4. The van der Waals surface area contributed by atoms with Crippen LogP contribution in [-0.2, 0) is 14.4 Å². The molecule has 6 aliphatic carbocycles. The van der Waals surface area contributed by atoms with Crippen molar-refractivity contribution in [3.63, 3.8) is 0 Å². The van der Waals surface area contributed by atoms with Crippen LogP contribution in [0.15, 0.2) is 20.3 Å². The van der Waals surface area contributed by atoms with Crippen LogP contribution in [0, 0.1) is 0 Å². The molecular formula is C58H100N10O7. The molecule has 0 bridgehead atoms. The standard InChI is InChI=1S/C58H100N10O7/c1-2-3-4-29-46-73-58(72)66(45-28-8-7-27-44-61-55(71)68(52-40-19-12-20-41-52)57(63-48-32-15-10-16-33-48)75-65-50-36-23-24-37-50)53(69)59-42-25-5-6-26-43-60-54(70)67(51-38-17-11-18-39-51)56(62-47-30-13-9-14-31-47)74-64-49-34-21-22-35-49/h47-48,51-52H,2-46H2,1H3,(H,59,69)(H,60,70)(H,61,71)/b62-56-,63-57-. The van der Waals surface area contributed by atoms with Gasteiger partial charge in [-0.15, -0.1) is 0 Å². The number of amidine groups is 2. The van der Waals surface area contributed by atoms with Gasteiger partial charge in [0.2, 0.25) is 0 Å². The molecular weight excluding hydrogens is 949 g/mol. The van der Waals surface area contributed by atoms with Crippen molar-refractivity contribution in [3.8, 4) is 0 Å². The third-order valence-electron chi connectivity index (χ3n) is 16.3. The third-order valence-corrected chi connectivity index (χ3v) is 16.3. The van der Waals surface area contributed by atoms with Gasteiger partial charge >= 0.3 is 36.2 Å². The highest BCUT2D eigenvalue weighted by molar-refractivity contribution is 5.96. The summed E-state index contributed by atoms with van der Waals surface area (Å²) >= 11 is 0. The number of urea groups is 3. The van der Waals surface area contributed by atoms with Gasteiger partial charge < -0.3 is 30.4 Å². The molecule has 7 amide bonds. The average molecular weight is 1050 g/mol. The second kappa shape index (κ2) is 35.8. The molecule has 0 spiro atoms. The van der Waals surface area contributed by atoms with Gasteiger partial charge in [-0.05, 0) is 135 Å². The summed E-state index contributed by atoms with van der Waals surface area (Å²) in [6.07, 6.45) is 39.3. The van der Waals surface area contributed by atoms with Crippen LogP contribution in [0.25, 0.3) is 0 Å². The number of carbonyl (C=O) groups excluding carboxylic acids is 4. The highest BCUT2D eigenvalue weighted by atomic mass is 16.7. The van der Waals surface area contributed by atoms with E-state index in [1.807, 2.05) is 0 Å². The van der Waals surface area contributed by atoms with E-state index in [1.54, 1.807) is 9.80 Å². The molecule has 0 heterocycles. The van der Waals surface area contributed by atoms with Crippen LogP contribution in [0.4, 0.5) is 19.2 Å². The molecule has 75 heavy (non-hydrogen) atoms. The monoisotopic (exact) mass is 1050 g/mol. The Balaban J connectivity index is 0.928. The van der Waals surface area contributed by atoms with E-state index < -0.39 is 12.1 Å². The quantitative estimate of drug-likeness (QED) is 0.0351. The molecule has 0 aromatic carbocycles. The Kier molecular flexibility index (Phi) is 28.5. The van der Waals surface area contributed by atoms with Gasteiger partial charge in [0.05, 0.1) is 30.1 Å². The predicted molar refractivity (Wildman–Crippen MR) is 299 cm³/mol. The molecule has 0 atom stereocenters. The molecule has 0 aromatic rings. The summed E-state index contributed by atoms with van der Waals surface area (Å²) in [5.41, 5.74) is 2.11. The first-order valence-electron chi connectivity index (χ1n) is 30.9. The van der Waals surface area contributed by atoms with E-state index in [0.29, 0.717) is 38.1 Å². The second-order valence-electron chi connectivity index (χ2n) is 22.5. The van der Waals surface area contributed by atoms with Crippen LogP contribution in [0.2, 0.25) is 0 Å². The zero-order chi connectivity index (χ0) is 52.6. The van der Waals surface area contributed by atoms with Gasteiger partial charge in [-0.25, -0.2) is 43.9 Å². The molecule has 17 nitrogen and oxygen atoms in total. The van der Waals surface area contributed by atoms with Crippen LogP contribution in [0.3, 0.4) is 0 Å². The van der Waals surface area contributed by atoms with E-state index in [9.17, 15) is 19.2 Å². The maximum absolute atomic E-state index is 14.1. The molecule has 0 aromatic heterocycles. The van der Waals surface area contributed by atoms with Crippen LogP contribution >= 0.6 is 0 Å². The molecule has 0 unspecified atom stereocenters. The minimum atomic E-state index is -0.605. The summed E-state index contributed by atoms with van der Waals surface area (Å²) in [5, 5.41) is 18.4. The van der Waals surface area contributed by atoms with E-state index >= 15 is 0 Å². The van der Waals surface area contributed by atoms with E-state index in [4.69, 9.17) is 24.4 Å². The Morgan fingerprint density at radius 3 is 1.27 bits per heavy atom. The SMILES string of the molecule is CCCCCCOC(=O)N(CCCCCCNC(=O)N(/C(=N/C1CCCCC1)ON=C1CCCC1)C1CCCCC1)C(=O)NCCCCCCNC(=O)N(/C(=N/C1CCCCC1)ON=C1CCCC1)C1CCCCC1. The number of nitrogens with zero attached hydrogens (tertiary/aromatic N) is 7. The van der Waals surface area contributed by atoms with Gasteiger partial charge in [-0.3, -0.25) is 0 Å². The number of unbranched alkanes of at least 4 members (excludes halogenated alkanes) is 9. The number of rotatable bonds is 25. The van der Waals surface area contributed by atoms with Crippen LogP contribution in [0.5, 0.6) is 0 Å². The van der Waals surface area contributed by atoms with Gasteiger partial charge in [-0.1, -0.05) is 139 Å². The summed E-state index contributed by atoms with van der Waals surface area (Å²) in [4.78, 5) is 82.2. The minimum absolute atomic E-state index is 0.0310. The zero-order valence-electron chi connectivity index (χ0n) is 46.6. The van der Waals surface area contributed by atoms with Gasteiger partial charge in [0, 0.05) is 38.3 Å². The van der Waals surface area contributed by atoms with Crippen molar-refractivity contribution in [2.45, 2.75) is 288 Å². The van der Waals surface area contributed by atoms with E-state index in [2.05, 4.69) is 33.2 Å². The molecule has 0 aliphatic heterocycles. The fourth-order valence-corrected chi connectivity index (χ4v) is 11.7. The van der Waals surface area contributed by atoms with Crippen molar-refractivity contribution >= 4 is 47.7 Å². The highest BCUT2D eigenvalue weighted by Gasteiger charge is 2.34. The lowest BCUT2D eigenvalue weighted by molar-refractivity contribution is 0.107. The first-order chi connectivity index (χ1) is 36.9. The van der Waals surface area contributed by atoms with Crippen molar-refractivity contribution < 1.29 is 33.6 Å². The Morgan fingerprint density at radius 1 is 0.453 bits per heavy atom. The summed E-state index contributed by atoms with van der Waals surface area (Å²) in [6, 6.07) is 0.341. The number of ether oxygens (including phenoxy) is 1. The maximum atomic E-state index is 14.1. The first-order valence-corrected chi connectivity index (χ1v) is 30.9. The van der Waals surface area contributed by atoms with Crippen LogP contribution in [0.1, 0.15) is 264 Å². The Bertz CT molecular complexity index is 1790. The molecule has 3 N–H and O–H groups in total. The van der Waals surface area contributed by atoms with Gasteiger partial charge in [-0.2, -0.15) is 0 Å². The molecule has 6 fully saturated rings. The molecule has 0 radical (unpaired) electrons. The maximum Gasteiger partial charge on any atom is 0.417 e. The number of hydrogen-bond donors (Lipinski definition) is 3. The normalized spacial score (nSPS) is 19.6. The fraction of sp³-hybridized carbons (Fsp3) is 0.862. The minimum Gasteiger partial charge on any atom is -0.449 e. The van der Waals surface area contributed by atoms with E-state index in [-0.39, 0.29) is 49.4 Å². The summed E-state index contributed by atoms with van der Waals surface area (Å²) < 4.78 is 5.60. The number of imide groups is 1. The smallest absolute Gasteiger partial charge is 0.417 e. The van der Waals surface area contributed by atoms with Crippen molar-refractivity contribution in [1.29, 1.82) is 0 Å². The van der Waals surface area contributed by atoms with Crippen molar-refractivity contribution in [2.24, 2.45) is 20.3 Å². The lowest BCUT2D eigenvalue weighted by atomic mass is 9.94. The lowest BCUT2D eigenvalue weighted by Gasteiger charge is -2.34. The predicted octanol–water partition coefficient (Wildman–Crippen LogP) is 13.8. The number of aliphatic imine (C=N–C) groups is 2. The molecule has 6 saturated carbocycles. The summed E-state index contributed by atoms with van der Waals surface area (Å²) in [7, 11) is 0. The zero-order valence-corrected chi connectivity index (χ0v) is 46.6. The number of amides is 7. The molecule has 424 valence electrons. The Hall–Kier alpha value is -4.44. The molecule has 0 saturated heterocycles.